The molecule has 132 valence electrons. The SMILES string of the molecule is Cc1cc2ncn(CC(O)Cn3nc(C)c([N+](=O)[O-])c3C)c2cc1C. The Morgan fingerprint density at radius 3 is 2.52 bits per heavy atom. The third-order valence-electron chi connectivity index (χ3n) is 4.55. The Balaban J connectivity index is 1.82. The molecule has 0 radical (unpaired) electrons. The van der Waals surface area contributed by atoms with Gasteiger partial charge in [-0.25, -0.2) is 4.98 Å². The first-order chi connectivity index (χ1) is 11.8. The molecule has 1 atom stereocenters. The molecule has 0 amide bonds. The summed E-state index contributed by atoms with van der Waals surface area (Å²) in [6.45, 7) is 7.85. The maximum atomic E-state index is 11.1. The van der Waals surface area contributed by atoms with Gasteiger partial charge in [0.25, 0.3) is 0 Å². The zero-order valence-electron chi connectivity index (χ0n) is 14.7. The minimum absolute atomic E-state index is 0.00591. The molecule has 2 aromatic heterocycles. The first-order valence-corrected chi connectivity index (χ1v) is 8.06. The molecule has 0 bridgehead atoms. The lowest BCUT2D eigenvalue weighted by Crippen LogP contribution is -2.23. The lowest BCUT2D eigenvalue weighted by molar-refractivity contribution is -0.386. The topological polar surface area (TPSA) is 99.0 Å². The van der Waals surface area contributed by atoms with E-state index in [4.69, 9.17) is 0 Å². The van der Waals surface area contributed by atoms with Crippen molar-refractivity contribution in [1.29, 1.82) is 0 Å². The minimum Gasteiger partial charge on any atom is -0.389 e. The summed E-state index contributed by atoms with van der Waals surface area (Å²) in [5, 5.41) is 25.7. The van der Waals surface area contributed by atoms with Crippen LogP contribution in [-0.4, -0.2) is 35.5 Å². The zero-order valence-corrected chi connectivity index (χ0v) is 14.7. The average molecular weight is 343 g/mol. The smallest absolute Gasteiger partial charge is 0.312 e. The summed E-state index contributed by atoms with van der Waals surface area (Å²) in [5.74, 6) is 0. The molecule has 3 rings (SSSR count). The van der Waals surface area contributed by atoms with Crippen LogP contribution >= 0.6 is 0 Å². The van der Waals surface area contributed by atoms with Crippen LogP contribution < -0.4 is 0 Å². The van der Waals surface area contributed by atoms with Gasteiger partial charge in [0.2, 0.25) is 0 Å². The quantitative estimate of drug-likeness (QED) is 0.566. The average Bonchev–Trinajstić information content (AvgIpc) is 3.01. The highest BCUT2D eigenvalue weighted by molar-refractivity contribution is 5.77. The number of nitrogens with zero attached hydrogens (tertiary/aromatic N) is 5. The zero-order chi connectivity index (χ0) is 18.3. The molecule has 0 aliphatic heterocycles. The van der Waals surface area contributed by atoms with Gasteiger partial charge >= 0.3 is 5.69 Å². The normalized spacial score (nSPS) is 12.7. The summed E-state index contributed by atoms with van der Waals surface area (Å²) in [4.78, 5) is 15.0. The number of rotatable bonds is 5. The van der Waals surface area contributed by atoms with Crippen LogP contribution in [0.2, 0.25) is 0 Å². The third-order valence-corrected chi connectivity index (χ3v) is 4.55. The summed E-state index contributed by atoms with van der Waals surface area (Å²) in [6, 6.07) is 4.08. The molecule has 0 saturated carbocycles. The van der Waals surface area contributed by atoms with Gasteiger partial charge in [-0.15, -0.1) is 0 Å². The fourth-order valence-electron chi connectivity index (χ4n) is 3.07. The minimum atomic E-state index is -0.739. The second kappa shape index (κ2) is 6.29. The van der Waals surface area contributed by atoms with Gasteiger partial charge in [-0.2, -0.15) is 5.10 Å². The van der Waals surface area contributed by atoms with Gasteiger partial charge in [-0.05, 0) is 51.0 Å². The Bertz CT molecular complexity index is 957. The molecule has 0 fully saturated rings. The molecule has 0 aliphatic carbocycles. The number of aliphatic hydroxyl groups excluding tert-OH is 1. The number of aliphatic hydroxyl groups is 1. The molecule has 0 aliphatic rings. The molecule has 1 unspecified atom stereocenters. The number of hydrogen-bond donors (Lipinski definition) is 1. The van der Waals surface area contributed by atoms with E-state index in [2.05, 4.69) is 16.1 Å². The summed E-state index contributed by atoms with van der Waals surface area (Å²) in [6.07, 6.45) is 0.966. The van der Waals surface area contributed by atoms with Gasteiger partial charge in [0.1, 0.15) is 11.4 Å². The molecular formula is C17H21N5O3. The Hall–Kier alpha value is -2.74. The van der Waals surface area contributed by atoms with Crippen molar-refractivity contribution >= 4 is 16.7 Å². The second-order valence-corrected chi connectivity index (χ2v) is 6.43. The molecular weight excluding hydrogens is 322 g/mol. The lowest BCUT2D eigenvalue weighted by atomic mass is 10.1. The molecule has 0 spiro atoms. The largest absolute Gasteiger partial charge is 0.389 e. The Morgan fingerprint density at radius 2 is 1.88 bits per heavy atom. The Labute approximate surface area is 144 Å². The predicted octanol–water partition coefficient (Wildman–Crippen LogP) is 2.44. The van der Waals surface area contributed by atoms with Crippen LogP contribution in [-0.2, 0) is 13.1 Å². The number of imidazole rings is 1. The molecule has 8 nitrogen and oxygen atoms in total. The van der Waals surface area contributed by atoms with Gasteiger partial charge < -0.3 is 9.67 Å². The van der Waals surface area contributed by atoms with Gasteiger partial charge in [0, 0.05) is 0 Å². The van der Waals surface area contributed by atoms with Gasteiger partial charge in [0.15, 0.2) is 0 Å². The van der Waals surface area contributed by atoms with Crippen LogP contribution in [0, 0.1) is 37.8 Å². The fraction of sp³-hybridized carbons (Fsp3) is 0.412. The molecule has 2 heterocycles. The Kier molecular flexibility index (Phi) is 4.30. The number of nitro groups is 1. The molecule has 25 heavy (non-hydrogen) atoms. The summed E-state index contributed by atoms with van der Waals surface area (Å²) < 4.78 is 3.39. The van der Waals surface area contributed by atoms with E-state index in [1.165, 1.54) is 10.2 Å². The van der Waals surface area contributed by atoms with E-state index in [1.54, 1.807) is 20.2 Å². The summed E-state index contributed by atoms with van der Waals surface area (Å²) >= 11 is 0. The second-order valence-electron chi connectivity index (χ2n) is 6.43. The van der Waals surface area contributed by atoms with Crippen LogP contribution in [0.15, 0.2) is 18.5 Å². The number of aryl methyl sites for hydroxylation is 3. The highest BCUT2D eigenvalue weighted by atomic mass is 16.6. The highest BCUT2D eigenvalue weighted by Crippen LogP contribution is 2.22. The van der Waals surface area contributed by atoms with Gasteiger partial charge in [0.05, 0.1) is 41.5 Å². The van der Waals surface area contributed by atoms with Gasteiger partial charge in [-0.3, -0.25) is 14.8 Å². The van der Waals surface area contributed by atoms with Crippen LogP contribution in [0.5, 0.6) is 0 Å². The summed E-state index contributed by atoms with van der Waals surface area (Å²) in [5.41, 5.74) is 4.99. The first-order valence-electron chi connectivity index (χ1n) is 8.06. The fourth-order valence-corrected chi connectivity index (χ4v) is 3.07. The van der Waals surface area contributed by atoms with Gasteiger partial charge in [-0.1, -0.05) is 0 Å². The van der Waals surface area contributed by atoms with Crippen LogP contribution in [0.25, 0.3) is 11.0 Å². The monoisotopic (exact) mass is 343 g/mol. The number of fused-ring (bicyclic) bond motifs is 1. The molecule has 8 heteroatoms. The molecule has 1 N–H and O–H groups in total. The first kappa shape index (κ1) is 17.1. The van der Waals surface area contributed by atoms with E-state index in [0.717, 1.165) is 16.6 Å². The maximum Gasteiger partial charge on any atom is 0.312 e. The van der Waals surface area contributed by atoms with E-state index in [0.29, 0.717) is 17.9 Å². The van der Waals surface area contributed by atoms with E-state index < -0.39 is 11.0 Å². The van der Waals surface area contributed by atoms with Crippen molar-refractivity contribution in [3.05, 3.63) is 51.1 Å². The van der Waals surface area contributed by atoms with Crippen molar-refractivity contribution in [1.82, 2.24) is 19.3 Å². The molecule has 0 saturated heterocycles. The van der Waals surface area contributed by atoms with E-state index in [1.807, 2.05) is 24.5 Å². The predicted molar refractivity (Wildman–Crippen MR) is 93.6 cm³/mol. The van der Waals surface area contributed by atoms with Crippen molar-refractivity contribution in [2.75, 3.05) is 0 Å². The number of hydrogen-bond acceptors (Lipinski definition) is 5. The number of benzene rings is 1. The standard InChI is InChI=1S/C17H21N5O3/c1-10-5-15-16(6-11(10)2)20(9-18-15)7-14(23)8-21-13(4)17(22(24)25)12(3)19-21/h5-6,9,14,23H,7-8H2,1-4H3. The van der Waals surface area contributed by atoms with Crippen molar-refractivity contribution < 1.29 is 10.0 Å². The van der Waals surface area contributed by atoms with E-state index >= 15 is 0 Å². The highest BCUT2D eigenvalue weighted by Gasteiger charge is 2.23. The Morgan fingerprint density at radius 1 is 1.20 bits per heavy atom. The third kappa shape index (κ3) is 3.12. The van der Waals surface area contributed by atoms with Crippen molar-refractivity contribution in [3.63, 3.8) is 0 Å². The van der Waals surface area contributed by atoms with Crippen molar-refractivity contribution in [3.8, 4) is 0 Å². The van der Waals surface area contributed by atoms with E-state index in [-0.39, 0.29) is 12.2 Å². The van der Waals surface area contributed by atoms with Crippen molar-refractivity contribution in [2.45, 2.75) is 46.9 Å². The van der Waals surface area contributed by atoms with Crippen molar-refractivity contribution in [2.24, 2.45) is 0 Å². The van der Waals surface area contributed by atoms with Crippen LogP contribution in [0.1, 0.15) is 22.5 Å². The number of aromatic nitrogens is 4. The summed E-state index contributed by atoms with van der Waals surface area (Å²) in [7, 11) is 0. The van der Waals surface area contributed by atoms with Crippen LogP contribution in [0.3, 0.4) is 0 Å². The molecule has 3 aromatic rings. The maximum absolute atomic E-state index is 11.1. The van der Waals surface area contributed by atoms with E-state index in [9.17, 15) is 15.2 Å². The van der Waals surface area contributed by atoms with Crippen LogP contribution in [0.4, 0.5) is 5.69 Å². The molecule has 1 aromatic carbocycles. The lowest BCUT2D eigenvalue weighted by Gasteiger charge is -2.13.